The summed E-state index contributed by atoms with van der Waals surface area (Å²) in [4.78, 5) is 26.1. The molecule has 0 saturated carbocycles. The molecule has 3 rings (SSSR count). The van der Waals surface area contributed by atoms with Crippen molar-refractivity contribution in [2.75, 3.05) is 31.9 Å². The first kappa shape index (κ1) is 25.0. The highest BCUT2D eigenvalue weighted by Gasteiger charge is 2.38. The lowest BCUT2D eigenvalue weighted by Crippen LogP contribution is -2.57. The molecule has 10 heteroatoms. The molecule has 1 aromatic carbocycles. The molecule has 1 amide bonds. The number of hydrogen-bond donors (Lipinski definition) is 1. The van der Waals surface area contributed by atoms with E-state index in [-0.39, 0.29) is 37.0 Å². The lowest BCUT2D eigenvalue weighted by molar-refractivity contribution is -0.122. The number of benzene rings is 1. The van der Waals surface area contributed by atoms with Crippen LogP contribution in [0.2, 0.25) is 5.02 Å². The number of rotatable bonds is 5. The fourth-order valence-electron chi connectivity index (χ4n) is 4.05. The Morgan fingerprint density at radius 3 is 2.56 bits per heavy atom. The maximum atomic E-state index is 13.2. The molecule has 0 bridgehead atoms. The number of ketones is 1. The molecule has 1 aromatic rings. The van der Waals surface area contributed by atoms with Gasteiger partial charge in [-0.05, 0) is 44.9 Å². The normalized spacial score (nSPS) is 23.2. The summed E-state index contributed by atoms with van der Waals surface area (Å²) in [5.41, 5.74) is 0.371. The molecule has 2 aliphatic heterocycles. The number of piperazine rings is 1. The van der Waals surface area contributed by atoms with E-state index >= 15 is 0 Å². The fourth-order valence-corrected chi connectivity index (χ4v) is 5.95. The van der Waals surface area contributed by atoms with Gasteiger partial charge in [-0.3, -0.25) is 4.79 Å². The molecule has 0 spiro atoms. The van der Waals surface area contributed by atoms with Crippen molar-refractivity contribution in [3.05, 3.63) is 34.9 Å². The van der Waals surface area contributed by atoms with E-state index in [1.165, 1.54) is 9.21 Å². The van der Waals surface area contributed by atoms with Crippen molar-refractivity contribution in [1.82, 2.24) is 14.5 Å². The van der Waals surface area contributed by atoms with Crippen molar-refractivity contribution in [2.45, 2.75) is 57.7 Å². The van der Waals surface area contributed by atoms with Gasteiger partial charge in [0.2, 0.25) is 10.0 Å². The molecule has 0 radical (unpaired) electrons. The number of piperidine rings is 1. The van der Waals surface area contributed by atoms with E-state index in [9.17, 15) is 18.0 Å². The summed E-state index contributed by atoms with van der Waals surface area (Å²) in [6, 6.07) is 6.75. The van der Waals surface area contributed by atoms with Crippen molar-refractivity contribution in [2.24, 2.45) is 0 Å². The van der Waals surface area contributed by atoms with Gasteiger partial charge in [0.15, 0.2) is 0 Å². The quantitative estimate of drug-likeness (QED) is 0.688. The van der Waals surface area contributed by atoms with Crippen LogP contribution < -0.4 is 5.32 Å². The number of hydrogen-bond acceptors (Lipinski definition) is 6. The first-order valence-corrected chi connectivity index (χ1v) is 12.9. The SMILES string of the molecule is CC(C)(C)OC(=O)N1CCC(=O)CC1CS(=O)(=O)N1CCNC(Cc2ccc(Cl)cc2)C1. The van der Waals surface area contributed by atoms with Gasteiger partial charge in [0.25, 0.3) is 0 Å². The van der Waals surface area contributed by atoms with Gasteiger partial charge in [0.05, 0.1) is 11.8 Å². The summed E-state index contributed by atoms with van der Waals surface area (Å²) in [6.07, 6.45) is 0.339. The van der Waals surface area contributed by atoms with E-state index in [0.717, 1.165) is 5.56 Å². The molecule has 2 fully saturated rings. The highest BCUT2D eigenvalue weighted by molar-refractivity contribution is 7.89. The Morgan fingerprint density at radius 2 is 1.91 bits per heavy atom. The standard InChI is InChI=1S/C22H32ClN3O5S/c1-22(2,3)31-21(28)26-10-8-20(27)13-19(26)15-32(29,30)25-11-9-24-18(14-25)12-16-4-6-17(23)7-5-16/h4-7,18-19,24H,8-15H2,1-3H3. The summed E-state index contributed by atoms with van der Waals surface area (Å²) in [5.74, 6) is -0.322. The zero-order chi connectivity index (χ0) is 23.5. The number of ether oxygens (including phenoxy) is 1. The number of carbonyl (C=O) groups excluding carboxylic acids is 2. The second-order valence-electron chi connectivity index (χ2n) is 9.44. The maximum absolute atomic E-state index is 13.2. The van der Waals surface area contributed by atoms with Crippen LogP contribution in [-0.2, 0) is 26.0 Å². The van der Waals surface area contributed by atoms with Crippen LogP contribution in [0.4, 0.5) is 4.79 Å². The number of halogens is 1. The molecular weight excluding hydrogens is 454 g/mol. The topological polar surface area (TPSA) is 96.0 Å². The van der Waals surface area contributed by atoms with Crippen molar-refractivity contribution < 1.29 is 22.7 Å². The van der Waals surface area contributed by atoms with Crippen molar-refractivity contribution in [3.63, 3.8) is 0 Å². The smallest absolute Gasteiger partial charge is 0.410 e. The van der Waals surface area contributed by atoms with E-state index in [4.69, 9.17) is 16.3 Å². The number of nitrogens with one attached hydrogen (secondary N) is 1. The van der Waals surface area contributed by atoms with Crippen LogP contribution >= 0.6 is 11.6 Å². The summed E-state index contributed by atoms with van der Waals surface area (Å²) < 4.78 is 33.4. The number of amides is 1. The number of nitrogens with zero attached hydrogens (tertiary/aromatic N) is 2. The molecule has 178 valence electrons. The maximum Gasteiger partial charge on any atom is 0.410 e. The molecule has 8 nitrogen and oxygen atoms in total. The molecule has 32 heavy (non-hydrogen) atoms. The van der Waals surface area contributed by atoms with Crippen LogP contribution in [0.15, 0.2) is 24.3 Å². The van der Waals surface area contributed by atoms with E-state index in [0.29, 0.717) is 31.1 Å². The molecule has 2 heterocycles. The van der Waals surface area contributed by atoms with Crippen LogP contribution in [0.5, 0.6) is 0 Å². The summed E-state index contributed by atoms with van der Waals surface area (Å²) >= 11 is 5.95. The van der Waals surface area contributed by atoms with E-state index in [1.54, 1.807) is 20.8 Å². The van der Waals surface area contributed by atoms with Crippen LogP contribution in [0, 0.1) is 0 Å². The molecule has 2 saturated heterocycles. The Morgan fingerprint density at radius 1 is 1.22 bits per heavy atom. The van der Waals surface area contributed by atoms with Gasteiger partial charge in [0, 0.05) is 50.1 Å². The van der Waals surface area contributed by atoms with Gasteiger partial charge >= 0.3 is 6.09 Å². The lowest BCUT2D eigenvalue weighted by Gasteiger charge is -2.38. The van der Waals surface area contributed by atoms with Crippen molar-refractivity contribution >= 4 is 33.5 Å². The highest BCUT2D eigenvalue weighted by Crippen LogP contribution is 2.22. The minimum Gasteiger partial charge on any atom is -0.444 e. The van der Waals surface area contributed by atoms with Gasteiger partial charge in [-0.2, -0.15) is 4.31 Å². The third kappa shape index (κ3) is 6.91. The molecule has 1 N–H and O–H groups in total. The van der Waals surface area contributed by atoms with Gasteiger partial charge in [-0.1, -0.05) is 23.7 Å². The zero-order valence-electron chi connectivity index (χ0n) is 18.8. The minimum absolute atomic E-state index is 0.0266. The van der Waals surface area contributed by atoms with Crippen molar-refractivity contribution in [1.29, 1.82) is 0 Å². The highest BCUT2D eigenvalue weighted by atomic mass is 35.5. The lowest BCUT2D eigenvalue weighted by atomic mass is 10.0. The van der Waals surface area contributed by atoms with Gasteiger partial charge in [0.1, 0.15) is 11.4 Å². The Balaban J connectivity index is 1.67. The molecule has 2 aliphatic rings. The average Bonchev–Trinajstić information content (AvgIpc) is 2.68. The Bertz CT molecular complexity index is 930. The molecular formula is C22H32ClN3O5S. The summed E-state index contributed by atoms with van der Waals surface area (Å²) in [5, 5.41) is 4.03. The second-order valence-corrected chi connectivity index (χ2v) is 11.9. The molecule has 2 unspecified atom stereocenters. The van der Waals surface area contributed by atoms with Crippen LogP contribution in [0.1, 0.15) is 39.2 Å². The van der Waals surface area contributed by atoms with Crippen LogP contribution in [0.25, 0.3) is 0 Å². The van der Waals surface area contributed by atoms with E-state index in [1.807, 2.05) is 24.3 Å². The first-order valence-electron chi connectivity index (χ1n) is 10.9. The zero-order valence-corrected chi connectivity index (χ0v) is 20.4. The second kappa shape index (κ2) is 10.1. The number of sulfonamides is 1. The molecule has 0 aromatic heterocycles. The number of carbonyl (C=O) groups is 2. The molecule has 0 aliphatic carbocycles. The summed E-state index contributed by atoms with van der Waals surface area (Å²) in [6.45, 7) is 6.67. The number of Topliss-reactive ketones (excluding diaryl/α,β-unsaturated/α-hetero) is 1. The van der Waals surface area contributed by atoms with Crippen molar-refractivity contribution in [3.8, 4) is 0 Å². The van der Waals surface area contributed by atoms with Crippen LogP contribution in [0.3, 0.4) is 0 Å². The monoisotopic (exact) mass is 485 g/mol. The predicted octanol–water partition coefficient (Wildman–Crippen LogP) is 2.45. The van der Waals surface area contributed by atoms with Gasteiger partial charge < -0.3 is 15.0 Å². The third-order valence-corrected chi connectivity index (χ3v) is 7.75. The average molecular weight is 486 g/mol. The predicted molar refractivity (Wildman–Crippen MR) is 123 cm³/mol. The third-order valence-electron chi connectivity index (χ3n) is 5.57. The van der Waals surface area contributed by atoms with E-state index in [2.05, 4.69) is 5.32 Å². The number of likely N-dealkylation sites (tertiary alicyclic amines) is 1. The van der Waals surface area contributed by atoms with Crippen LogP contribution in [-0.4, -0.2) is 79.1 Å². The fraction of sp³-hybridized carbons (Fsp3) is 0.636. The molecule has 2 atom stereocenters. The Labute approximate surface area is 195 Å². The van der Waals surface area contributed by atoms with Gasteiger partial charge in [-0.25, -0.2) is 13.2 Å². The van der Waals surface area contributed by atoms with Gasteiger partial charge in [-0.15, -0.1) is 0 Å². The van der Waals surface area contributed by atoms with E-state index < -0.39 is 27.8 Å². The minimum atomic E-state index is -3.68. The Hall–Kier alpha value is -1.68. The largest absolute Gasteiger partial charge is 0.444 e. The summed E-state index contributed by atoms with van der Waals surface area (Å²) in [7, 11) is -3.68. The first-order chi connectivity index (χ1) is 14.9. The Kier molecular flexibility index (Phi) is 7.85.